The SMILES string of the molecule is CC(C)C[C@H]1C(=O)N[C@H](C(=O)c2ccc[nH]2)Cc2ccc(cc2)OCCCCC[C@@H]1C(=O)ON. The van der Waals surface area contributed by atoms with Gasteiger partial charge in [-0.15, -0.1) is 0 Å². The molecule has 8 heteroatoms. The van der Waals surface area contributed by atoms with Crippen LogP contribution < -0.4 is 16.0 Å². The molecule has 2 aliphatic rings. The summed E-state index contributed by atoms with van der Waals surface area (Å²) in [4.78, 5) is 47.0. The second-order valence-electron chi connectivity index (χ2n) is 9.33. The summed E-state index contributed by atoms with van der Waals surface area (Å²) in [6.45, 7) is 4.56. The van der Waals surface area contributed by atoms with Gasteiger partial charge < -0.3 is 19.9 Å². The van der Waals surface area contributed by atoms with Gasteiger partial charge >= 0.3 is 5.97 Å². The largest absolute Gasteiger partial charge is 0.494 e. The summed E-state index contributed by atoms with van der Waals surface area (Å²) in [5.41, 5.74) is 1.31. The van der Waals surface area contributed by atoms with Gasteiger partial charge in [0, 0.05) is 12.6 Å². The molecule has 1 aromatic heterocycles. The first kappa shape index (κ1) is 25.5. The molecule has 0 fully saturated rings. The van der Waals surface area contributed by atoms with Crippen LogP contribution in [0.4, 0.5) is 0 Å². The van der Waals surface area contributed by atoms with Crippen LogP contribution in [0.1, 0.15) is 62.0 Å². The van der Waals surface area contributed by atoms with Gasteiger partial charge in [0.1, 0.15) is 5.75 Å². The van der Waals surface area contributed by atoms with Crippen molar-refractivity contribution in [3.63, 3.8) is 0 Å². The molecular formula is C26H35N3O5. The minimum absolute atomic E-state index is 0.160. The number of nitrogens with two attached hydrogens (primary N) is 1. The first-order valence-electron chi connectivity index (χ1n) is 12.0. The average Bonchev–Trinajstić information content (AvgIpc) is 3.36. The van der Waals surface area contributed by atoms with Gasteiger partial charge in [-0.25, -0.2) is 0 Å². The Hall–Kier alpha value is -3.13. The Morgan fingerprint density at radius 1 is 1.15 bits per heavy atom. The number of benzene rings is 1. The van der Waals surface area contributed by atoms with E-state index in [1.165, 1.54) is 0 Å². The van der Waals surface area contributed by atoms with Gasteiger partial charge in [0.05, 0.1) is 30.2 Å². The summed E-state index contributed by atoms with van der Waals surface area (Å²) in [5.74, 6) is 3.68. The molecule has 2 bridgehead atoms. The van der Waals surface area contributed by atoms with Gasteiger partial charge in [-0.2, -0.15) is 5.90 Å². The highest BCUT2D eigenvalue weighted by Crippen LogP contribution is 2.28. The summed E-state index contributed by atoms with van der Waals surface area (Å²) in [5, 5.41) is 2.95. The van der Waals surface area contributed by atoms with E-state index in [1.807, 2.05) is 38.1 Å². The van der Waals surface area contributed by atoms with Crippen molar-refractivity contribution in [3.8, 4) is 5.75 Å². The second kappa shape index (κ2) is 12.4. The zero-order chi connectivity index (χ0) is 24.5. The fourth-order valence-electron chi connectivity index (χ4n) is 4.48. The number of hydrogen-bond donors (Lipinski definition) is 3. The average molecular weight is 470 g/mol. The smallest absolute Gasteiger partial charge is 0.328 e. The summed E-state index contributed by atoms with van der Waals surface area (Å²) < 4.78 is 5.83. The third kappa shape index (κ3) is 6.93. The van der Waals surface area contributed by atoms with E-state index in [0.717, 1.165) is 30.6 Å². The highest BCUT2D eigenvalue weighted by molar-refractivity contribution is 6.01. The molecular weight excluding hydrogens is 434 g/mol. The third-order valence-electron chi connectivity index (χ3n) is 6.25. The number of hydrogen-bond acceptors (Lipinski definition) is 6. The first-order valence-corrected chi connectivity index (χ1v) is 12.0. The van der Waals surface area contributed by atoms with Crippen molar-refractivity contribution in [2.75, 3.05) is 6.61 Å². The molecule has 0 unspecified atom stereocenters. The molecule has 2 aliphatic heterocycles. The molecule has 4 N–H and O–H groups in total. The van der Waals surface area contributed by atoms with Crippen LogP contribution in [0.25, 0.3) is 0 Å². The van der Waals surface area contributed by atoms with Crippen LogP contribution >= 0.6 is 0 Å². The molecule has 0 saturated heterocycles. The highest BCUT2D eigenvalue weighted by atomic mass is 16.7. The van der Waals surface area contributed by atoms with Gasteiger partial charge in [0.25, 0.3) is 0 Å². The first-order chi connectivity index (χ1) is 16.4. The number of aromatic amines is 1. The van der Waals surface area contributed by atoms with Crippen LogP contribution in [0, 0.1) is 17.8 Å². The Balaban J connectivity index is 1.95. The van der Waals surface area contributed by atoms with E-state index in [4.69, 9.17) is 10.6 Å². The molecule has 0 radical (unpaired) electrons. The minimum atomic E-state index is -0.796. The number of H-pyrrole nitrogens is 1. The van der Waals surface area contributed by atoms with Gasteiger partial charge in [-0.3, -0.25) is 14.4 Å². The van der Waals surface area contributed by atoms with E-state index in [1.54, 1.807) is 18.3 Å². The molecule has 2 aromatic rings. The molecule has 4 rings (SSSR count). The molecule has 184 valence electrons. The van der Waals surface area contributed by atoms with Gasteiger partial charge in [0.15, 0.2) is 0 Å². The van der Waals surface area contributed by atoms with Crippen LogP contribution in [0.2, 0.25) is 0 Å². The van der Waals surface area contributed by atoms with E-state index in [0.29, 0.717) is 31.6 Å². The number of carbonyl (C=O) groups excluding carboxylic acids is 3. The van der Waals surface area contributed by atoms with Crippen LogP contribution in [-0.2, 0) is 20.8 Å². The number of nitrogens with one attached hydrogen (secondary N) is 2. The number of ketones is 1. The zero-order valence-corrected chi connectivity index (χ0v) is 19.9. The van der Waals surface area contributed by atoms with E-state index >= 15 is 0 Å². The molecule has 0 aliphatic carbocycles. The lowest BCUT2D eigenvalue weighted by atomic mass is 9.81. The summed E-state index contributed by atoms with van der Waals surface area (Å²) in [6.07, 6.45) is 5.34. The maximum Gasteiger partial charge on any atom is 0.328 e. The van der Waals surface area contributed by atoms with Crippen molar-refractivity contribution in [2.24, 2.45) is 23.7 Å². The van der Waals surface area contributed by atoms with E-state index in [-0.39, 0.29) is 17.6 Å². The molecule has 0 saturated carbocycles. The summed E-state index contributed by atoms with van der Waals surface area (Å²) in [6, 6.07) is 10.2. The molecule has 34 heavy (non-hydrogen) atoms. The van der Waals surface area contributed by atoms with E-state index < -0.39 is 23.8 Å². The fourth-order valence-corrected chi connectivity index (χ4v) is 4.48. The lowest BCUT2D eigenvalue weighted by Gasteiger charge is -2.28. The Morgan fingerprint density at radius 3 is 2.56 bits per heavy atom. The maximum atomic E-state index is 13.6. The number of rotatable bonds is 5. The highest BCUT2D eigenvalue weighted by Gasteiger charge is 2.37. The quantitative estimate of drug-likeness (QED) is 0.454. The maximum absolute atomic E-state index is 13.6. The summed E-state index contributed by atoms with van der Waals surface area (Å²) in [7, 11) is 0. The number of Topliss-reactive ketones (excluding diaryl/α,β-unsaturated/α-hetero) is 1. The van der Waals surface area contributed by atoms with Crippen molar-refractivity contribution >= 4 is 17.7 Å². The van der Waals surface area contributed by atoms with Crippen LogP contribution in [0.5, 0.6) is 5.75 Å². The Kier molecular flexibility index (Phi) is 9.27. The molecule has 1 amide bonds. The lowest BCUT2D eigenvalue weighted by molar-refractivity contribution is -0.154. The number of aromatic nitrogens is 1. The Bertz CT molecular complexity index is 940. The molecule has 3 atom stereocenters. The topological polar surface area (TPSA) is 124 Å². The third-order valence-corrected chi connectivity index (χ3v) is 6.25. The fraction of sp³-hybridized carbons (Fsp3) is 0.500. The number of carbonyl (C=O) groups is 3. The minimum Gasteiger partial charge on any atom is -0.494 e. The van der Waals surface area contributed by atoms with Crippen LogP contribution in [0.3, 0.4) is 0 Å². The number of amides is 1. The predicted octanol–water partition coefficient (Wildman–Crippen LogP) is 3.57. The van der Waals surface area contributed by atoms with E-state index in [9.17, 15) is 14.4 Å². The van der Waals surface area contributed by atoms with Gasteiger partial charge in [-0.1, -0.05) is 38.8 Å². The Labute approximate surface area is 200 Å². The number of ether oxygens (including phenoxy) is 1. The van der Waals surface area contributed by atoms with Crippen molar-refractivity contribution in [3.05, 3.63) is 53.9 Å². The second-order valence-corrected chi connectivity index (χ2v) is 9.33. The monoisotopic (exact) mass is 469 g/mol. The van der Waals surface area contributed by atoms with Gasteiger partial charge in [0.2, 0.25) is 11.7 Å². The molecule has 3 heterocycles. The van der Waals surface area contributed by atoms with Crippen LogP contribution in [-0.4, -0.2) is 35.3 Å². The van der Waals surface area contributed by atoms with Crippen molar-refractivity contribution in [2.45, 2.75) is 58.4 Å². The van der Waals surface area contributed by atoms with Crippen molar-refractivity contribution < 1.29 is 24.0 Å². The summed E-state index contributed by atoms with van der Waals surface area (Å²) >= 11 is 0. The van der Waals surface area contributed by atoms with Crippen molar-refractivity contribution in [1.29, 1.82) is 0 Å². The number of fused-ring (bicyclic) bond motifs is 13. The normalized spacial score (nSPS) is 22.1. The molecule has 0 spiro atoms. The zero-order valence-electron chi connectivity index (χ0n) is 19.9. The molecule has 8 nitrogen and oxygen atoms in total. The predicted molar refractivity (Wildman–Crippen MR) is 128 cm³/mol. The van der Waals surface area contributed by atoms with E-state index in [2.05, 4.69) is 15.1 Å². The van der Waals surface area contributed by atoms with Crippen molar-refractivity contribution in [1.82, 2.24) is 10.3 Å². The standard InChI is InChI=1S/C26H35N3O5/c1-17(2)15-21-20(26(32)34-27)7-4-3-5-14-33-19-11-9-18(10-12-19)16-23(29-25(21)31)24(30)22-8-6-13-28-22/h6,8-13,17,20-21,23,28H,3-5,7,14-16,27H2,1-2H3,(H,29,31)/t20-,21+,23-/m0/s1. The van der Waals surface area contributed by atoms with Gasteiger partial charge in [-0.05, 0) is 55.0 Å². The molecule has 1 aromatic carbocycles. The Morgan fingerprint density at radius 2 is 1.91 bits per heavy atom. The van der Waals surface area contributed by atoms with Crippen LogP contribution in [0.15, 0.2) is 42.6 Å². The lowest BCUT2D eigenvalue weighted by Crippen LogP contribution is -2.48.